The van der Waals surface area contributed by atoms with Gasteiger partial charge in [-0.1, -0.05) is 58.3 Å². The van der Waals surface area contributed by atoms with Crippen LogP contribution >= 0.6 is 0 Å². The van der Waals surface area contributed by atoms with Crippen LogP contribution in [0, 0.1) is 11.8 Å². The summed E-state index contributed by atoms with van der Waals surface area (Å²) in [4.78, 5) is 2.73. The van der Waals surface area contributed by atoms with Gasteiger partial charge >= 0.3 is 0 Å². The fraction of sp³-hybridized carbons (Fsp3) is 1.00. The first-order chi connectivity index (χ1) is 9.85. The van der Waals surface area contributed by atoms with Crippen LogP contribution in [0.15, 0.2) is 0 Å². The Bertz CT molecular complexity index is 242. The Morgan fingerprint density at radius 2 is 1.55 bits per heavy atom. The molecule has 3 atom stereocenters. The van der Waals surface area contributed by atoms with E-state index in [0.717, 1.165) is 18.4 Å². The van der Waals surface area contributed by atoms with Crippen LogP contribution in [-0.4, -0.2) is 30.6 Å². The van der Waals surface area contributed by atoms with Gasteiger partial charge in [0.15, 0.2) is 0 Å². The number of nitrogens with zero attached hydrogens (tertiary/aromatic N) is 1. The van der Waals surface area contributed by atoms with E-state index in [1.165, 1.54) is 83.7 Å². The zero-order valence-corrected chi connectivity index (χ0v) is 13.7. The number of fused-ring (bicyclic) bond motifs is 1. The summed E-state index contributed by atoms with van der Waals surface area (Å²) in [5.41, 5.74) is 6.04. The third-order valence-electron chi connectivity index (χ3n) is 5.68. The van der Waals surface area contributed by atoms with Crippen molar-refractivity contribution in [3.8, 4) is 0 Å². The molecule has 0 aromatic rings. The molecule has 2 rings (SSSR count). The molecule has 2 aliphatic rings. The molecule has 2 heteroatoms. The fourth-order valence-corrected chi connectivity index (χ4v) is 4.36. The quantitative estimate of drug-likeness (QED) is 0.608. The third kappa shape index (κ3) is 4.73. The van der Waals surface area contributed by atoms with Crippen LogP contribution < -0.4 is 5.73 Å². The molecule has 0 spiro atoms. The van der Waals surface area contributed by atoms with Gasteiger partial charge in [0.25, 0.3) is 0 Å². The molecule has 1 saturated heterocycles. The van der Waals surface area contributed by atoms with E-state index >= 15 is 0 Å². The molecule has 0 radical (unpaired) electrons. The van der Waals surface area contributed by atoms with Crippen molar-refractivity contribution in [2.24, 2.45) is 17.6 Å². The highest BCUT2D eigenvalue weighted by Gasteiger charge is 2.37. The molecule has 2 N–H and O–H groups in total. The highest BCUT2D eigenvalue weighted by atomic mass is 15.2. The van der Waals surface area contributed by atoms with Crippen LogP contribution in [0.25, 0.3) is 0 Å². The minimum Gasteiger partial charge on any atom is -0.329 e. The van der Waals surface area contributed by atoms with Crippen LogP contribution in [0.3, 0.4) is 0 Å². The largest absolute Gasteiger partial charge is 0.329 e. The molecule has 1 aliphatic heterocycles. The number of hydrogen-bond donors (Lipinski definition) is 1. The van der Waals surface area contributed by atoms with Crippen LogP contribution in [0.4, 0.5) is 0 Å². The second kappa shape index (κ2) is 9.04. The summed E-state index contributed by atoms with van der Waals surface area (Å²) in [6, 6.07) is 0.677. The van der Waals surface area contributed by atoms with Gasteiger partial charge in [-0.15, -0.1) is 0 Å². The first-order valence-electron chi connectivity index (χ1n) is 9.29. The summed E-state index contributed by atoms with van der Waals surface area (Å²) < 4.78 is 0. The van der Waals surface area contributed by atoms with Crippen molar-refractivity contribution in [3.63, 3.8) is 0 Å². The molecule has 0 aromatic heterocycles. The molecule has 1 aliphatic carbocycles. The van der Waals surface area contributed by atoms with Crippen molar-refractivity contribution in [3.05, 3.63) is 0 Å². The average molecular weight is 280 g/mol. The van der Waals surface area contributed by atoms with Crippen LogP contribution in [-0.2, 0) is 0 Å². The summed E-state index contributed by atoms with van der Waals surface area (Å²) in [6.07, 6.45) is 15.7. The van der Waals surface area contributed by atoms with Gasteiger partial charge < -0.3 is 5.73 Å². The standard InChI is InChI=1S/C18H36N2/c1-2-3-4-5-6-7-8-12-18(13-19)20-14-16-10-9-11-17(16)15-20/h16-18H,2-15,19H2,1H3. The monoisotopic (exact) mass is 280 g/mol. The maximum atomic E-state index is 6.04. The van der Waals surface area contributed by atoms with E-state index in [2.05, 4.69) is 11.8 Å². The van der Waals surface area contributed by atoms with Gasteiger partial charge in [-0.2, -0.15) is 0 Å². The number of nitrogens with two attached hydrogens (primary N) is 1. The number of unbranched alkanes of at least 4 members (excludes halogenated alkanes) is 6. The molecule has 118 valence electrons. The normalized spacial score (nSPS) is 27.9. The second-order valence-corrected chi connectivity index (χ2v) is 7.20. The maximum absolute atomic E-state index is 6.04. The lowest BCUT2D eigenvalue weighted by Gasteiger charge is -2.27. The molecule has 3 unspecified atom stereocenters. The van der Waals surface area contributed by atoms with E-state index in [0.29, 0.717) is 6.04 Å². The second-order valence-electron chi connectivity index (χ2n) is 7.20. The Morgan fingerprint density at radius 3 is 2.15 bits per heavy atom. The Morgan fingerprint density at radius 1 is 0.950 bits per heavy atom. The zero-order chi connectivity index (χ0) is 14.2. The van der Waals surface area contributed by atoms with E-state index < -0.39 is 0 Å². The summed E-state index contributed by atoms with van der Waals surface area (Å²) >= 11 is 0. The molecular formula is C18H36N2. The van der Waals surface area contributed by atoms with Crippen molar-refractivity contribution in [2.45, 2.75) is 83.6 Å². The summed E-state index contributed by atoms with van der Waals surface area (Å²) in [6.45, 7) is 5.86. The highest BCUT2D eigenvalue weighted by Crippen LogP contribution is 2.38. The van der Waals surface area contributed by atoms with Crippen LogP contribution in [0.1, 0.15) is 77.6 Å². The van der Waals surface area contributed by atoms with Crippen molar-refractivity contribution in [1.29, 1.82) is 0 Å². The van der Waals surface area contributed by atoms with E-state index in [1.54, 1.807) is 0 Å². The van der Waals surface area contributed by atoms with E-state index in [9.17, 15) is 0 Å². The van der Waals surface area contributed by atoms with Gasteiger partial charge in [0.1, 0.15) is 0 Å². The first-order valence-corrected chi connectivity index (χ1v) is 9.29. The molecular weight excluding hydrogens is 244 g/mol. The van der Waals surface area contributed by atoms with Gasteiger partial charge in [-0.25, -0.2) is 0 Å². The lowest BCUT2D eigenvalue weighted by atomic mass is 10.0. The molecule has 0 bridgehead atoms. The van der Waals surface area contributed by atoms with Crippen molar-refractivity contribution >= 4 is 0 Å². The molecule has 2 nitrogen and oxygen atoms in total. The molecule has 2 fully saturated rings. The molecule has 20 heavy (non-hydrogen) atoms. The Balaban J connectivity index is 1.56. The minimum absolute atomic E-state index is 0.677. The highest BCUT2D eigenvalue weighted by molar-refractivity contribution is 4.91. The third-order valence-corrected chi connectivity index (χ3v) is 5.68. The number of rotatable bonds is 10. The van der Waals surface area contributed by atoms with Crippen molar-refractivity contribution in [2.75, 3.05) is 19.6 Å². The maximum Gasteiger partial charge on any atom is 0.0218 e. The predicted octanol–water partition coefficient (Wildman–Crippen LogP) is 4.19. The van der Waals surface area contributed by atoms with Gasteiger partial charge in [0, 0.05) is 25.7 Å². The minimum atomic E-state index is 0.677. The Labute approximate surface area is 126 Å². The van der Waals surface area contributed by atoms with Crippen LogP contribution in [0.2, 0.25) is 0 Å². The Hall–Kier alpha value is -0.0800. The lowest BCUT2D eigenvalue weighted by molar-refractivity contribution is 0.214. The lowest BCUT2D eigenvalue weighted by Crippen LogP contribution is -2.39. The first kappa shape index (κ1) is 16.3. The topological polar surface area (TPSA) is 29.3 Å². The summed E-state index contributed by atoms with van der Waals surface area (Å²) in [7, 11) is 0. The van der Waals surface area contributed by atoms with Gasteiger partial charge in [-0.05, 0) is 31.1 Å². The van der Waals surface area contributed by atoms with E-state index in [1.807, 2.05) is 0 Å². The fourth-order valence-electron chi connectivity index (χ4n) is 4.36. The van der Waals surface area contributed by atoms with E-state index in [4.69, 9.17) is 5.73 Å². The average Bonchev–Trinajstić information content (AvgIpc) is 3.03. The summed E-state index contributed by atoms with van der Waals surface area (Å²) in [5.74, 6) is 2.02. The number of hydrogen-bond acceptors (Lipinski definition) is 2. The SMILES string of the molecule is CCCCCCCCCC(CN)N1CC2CCCC2C1. The van der Waals surface area contributed by atoms with E-state index in [-0.39, 0.29) is 0 Å². The molecule has 1 saturated carbocycles. The summed E-state index contributed by atoms with van der Waals surface area (Å²) in [5, 5.41) is 0. The molecule has 0 amide bonds. The van der Waals surface area contributed by atoms with Crippen LogP contribution in [0.5, 0.6) is 0 Å². The van der Waals surface area contributed by atoms with Gasteiger partial charge in [0.05, 0.1) is 0 Å². The van der Waals surface area contributed by atoms with Gasteiger partial charge in [-0.3, -0.25) is 4.90 Å². The van der Waals surface area contributed by atoms with Crippen molar-refractivity contribution in [1.82, 2.24) is 4.90 Å². The number of likely N-dealkylation sites (tertiary alicyclic amines) is 1. The Kier molecular flexibility index (Phi) is 7.37. The van der Waals surface area contributed by atoms with Gasteiger partial charge in [0.2, 0.25) is 0 Å². The molecule has 0 aromatic carbocycles. The molecule has 1 heterocycles. The smallest absolute Gasteiger partial charge is 0.0218 e. The van der Waals surface area contributed by atoms with Crippen molar-refractivity contribution < 1.29 is 0 Å². The zero-order valence-electron chi connectivity index (χ0n) is 13.7. The predicted molar refractivity (Wildman–Crippen MR) is 87.9 cm³/mol.